The number of amides is 1. The quantitative estimate of drug-likeness (QED) is 0.745. The second-order valence-electron chi connectivity index (χ2n) is 6.83. The van der Waals surface area contributed by atoms with Crippen LogP contribution in [0.3, 0.4) is 0 Å². The van der Waals surface area contributed by atoms with Gasteiger partial charge in [-0.3, -0.25) is 9.78 Å². The number of aromatic nitrogens is 1. The van der Waals surface area contributed by atoms with E-state index in [1.54, 1.807) is 12.1 Å². The van der Waals surface area contributed by atoms with Gasteiger partial charge in [0.05, 0.1) is 29.9 Å². The van der Waals surface area contributed by atoms with E-state index >= 15 is 0 Å². The zero-order valence-electron chi connectivity index (χ0n) is 15.1. The molecule has 0 radical (unpaired) electrons. The smallest absolute Gasteiger partial charge is 0.256 e. The van der Waals surface area contributed by atoms with Gasteiger partial charge in [-0.2, -0.15) is 0 Å². The van der Waals surface area contributed by atoms with Crippen molar-refractivity contribution in [1.29, 1.82) is 0 Å². The summed E-state index contributed by atoms with van der Waals surface area (Å²) in [6, 6.07) is 4.50. The molecule has 3 N–H and O–H groups in total. The second kappa shape index (κ2) is 8.43. The van der Waals surface area contributed by atoms with Gasteiger partial charge in [-0.15, -0.1) is 0 Å². The van der Waals surface area contributed by atoms with E-state index in [2.05, 4.69) is 15.6 Å². The van der Waals surface area contributed by atoms with E-state index in [4.69, 9.17) is 0 Å². The lowest BCUT2D eigenvalue weighted by Gasteiger charge is -2.27. The molecule has 27 heavy (non-hydrogen) atoms. The van der Waals surface area contributed by atoms with Crippen LogP contribution in [0.1, 0.15) is 48.5 Å². The number of rotatable bonds is 5. The van der Waals surface area contributed by atoms with E-state index in [1.165, 1.54) is 12.3 Å². The summed E-state index contributed by atoms with van der Waals surface area (Å²) in [5.41, 5.74) is 0.849. The highest BCUT2D eigenvalue weighted by molar-refractivity contribution is 6.00. The molecule has 1 saturated carbocycles. The maximum atomic E-state index is 14.3. The first kappa shape index (κ1) is 19.2. The molecule has 1 aromatic carbocycles. The predicted octanol–water partition coefficient (Wildman–Crippen LogP) is 3.70. The van der Waals surface area contributed by atoms with Crippen LogP contribution in [0, 0.1) is 11.6 Å². The summed E-state index contributed by atoms with van der Waals surface area (Å²) in [7, 11) is 0. The molecule has 0 bridgehead atoms. The van der Waals surface area contributed by atoms with Crippen LogP contribution in [0.15, 0.2) is 30.6 Å². The largest absolute Gasteiger partial charge is 0.393 e. The molecule has 1 fully saturated rings. The van der Waals surface area contributed by atoms with Gasteiger partial charge in [0.15, 0.2) is 5.82 Å². The minimum Gasteiger partial charge on any atom is -0.393 e. The molecular weight excluding hydrogens is 352 g/mol. The maximum absolute atomic E-state index is 14.3. The number of anilines is 2. The number of aliphatic hydroxyl groups is 1. The van der Waals surface area contributed by atoms with Gasteiger partial charge in [0.2, 0.25) is 0 Å². The SMILES string of the molecule is CCc1ccc(Nc2cncc(F)c2C(=O)NC2CCCC(O)C2)c(F)c1. The minimum atomic E-state index is -0.792. The molecule has 1 amide bonds. The molecule has 1 aromatic heterocycles. The summed E-state index contributed by atoms with van der Waals surface area (Å²) >= 11 is 0. The third kappa shape index (κ3) is 4.60. The van der Waals surface area contributed by atoms with Gasteiger partial charge in [0, 0.05) is 6.04 Å². The fourth-order valence-electron chi connectivity index (χ4n) is 3.34. The van der Waals surface area contributed by atoms with Crippen LogP contribution in [0.25, 0.3) is 0 Å². The van der Waals surface area contributed by atoms with Crippen LogP contribution in [0.4, 0.5) is 20.2 Å². The molecule has 3 rings (SSSR count). The third-order valence-electron chi connectivity index (χ3n) is 4.82. The molecule has 0 spiro atoms. The Bertz CT molecular complexity index is 829. The van der Waals surface area contributed by atoms with Crippen molar-refractivity contribution in [2.45, 2.75) is 51.2 Å². The van der Waals surface area contributed by atoms with Gasteiger partial charge >= 0.3 is 0 Å². The molecule has 2 unspecified atom stereocenters. The monoisotopic (exact) mass is 375 g/mol. The topological polar surface area (TPSA) is 74.2 Å². The highest BCUT2D eigenvalue weighted by Crippen LogP contribution is 2.26. The van der Waals surface area contributed by atoms with Gasteiger partial charge in [-0.25, -0.2) is 8.78 Å². The van der Waals surface area contributed by atoms with Crippen molar-refractivity contribution in [3.8, 4) is 0 Å². The van der Waals surface area contributed by atoms with Crippen LogP contribution in [0.2, 0.25) is 0 Å². The summed E-state index contributed by atoms with van der Waals surface area (Å²) in [5.74, 6) is -1.89. The minimum absolute atomic E-state index is 0.0898. The maximum Gasteiger partial charge on any atom is 0.256 e. The van der Waals surface area contributed by atoms with Crippen molar-refractivity contribution in [3.63, 3.8) is 0 Å². The van der Waals surface area contributed by atoms with E-state index in [0.29, 0.717) is 19.3 Å². The Kier molecular flexibility index (Phi) is 6.01. The standard InChI is InChI=1S/C20H23F2N3O2/c1-2-12-6-7-17(15(21)8-12)25-18-11-23-10-16(22)19(18)20(27)24-13-4-3-5-14(26)9-13/h6-8,10-11,13-14,25-26H,2-5,9H2,1H3,(H,24,27). The number of hydrogen-bond acceptors (Lipinski definition) is 4. The van der Waals surface area contributed by atoms with Crippen molar-refractivity contribution >= 4 is 17.3 Å². The number of nitrogens with one attached hydrogen (secondary N) is 2. The van der Waals surface area contributed by atoms with Gasteiger partial charge in [0.1, 0.15) is 11.4 Å². The van der Waals surface area contributed by atoms with E-state index < -0.39 is 23.6 Å². The molecule has 5 nitrogen and oxygen atoms in total. The second-order valence-corrected chi connectivity index (χ2v) is 6.83. The number of halogens is 2. The first-order valence-corrected chi connectivity index (χ1v) is 9.15. The molecule has 1 aliphatic rings. The predicted molar refractivity (Wildman–Crippen MR) is 99.0 cm³/mol. The number of aliphatic hydroxyl groups excluding tert-OH is 1. The molecule has 0 saturated heterocycles. The summed E-state index contributed by atoms with van der Waals surface area (Å²) in [6.45, 7) is 1.92. The first-order chi connectivity index (χ1) is 13.0. The number of carbonyl (C=O) groups excluding carboxylic acids is 1. The Morgan fingerprint density at radius 1 is 1.22 bits per heavy atom. The highest BCUT2D eigenvalue weighted by atomic mass is 19.1. The van der Waals surface area contributed by atoms with Crippen LogP contribution >= 0.6 is 0 Å². The Labute approximate surface area is 156 Å². The summed E-state index contributed by atoms with van der Waals surface area (Å²) < 4.78 is 28.6. The molecule has 1 aliphatic carbocycles. The zero-order valence-corrected chi connectivity index (χ0v) is 15.1. The number of benzene rings is 1. The van der Waals surface area contributed by atoms with Crippen molar-refractivity contribution < 1.29 is 18.7 Å². The third-order valence-corrected chi connectivity index (χ3v) is 4.82. The average molecular weight is 375 g/mol. The van der Waals surface area contributed by atoms with Crippen molar-refractivity contribution in [1.82, 2.24) is 10.3 Å². The van der Waals surface area contributed by atoms with Crippen LogP contribution in [-0.2, 0) is 6.42 Å². The number of carbonyl (C=O) groups is 1. The lowest BCUT2D eigenvalue weighted by molar-refractivity contribution is 0.0847. The lowest BCUT2D eigenvalue weighted by Crippen LogP contribution is -2.40. The van der Waals surface area contributed by atoms with E-state index in [-0.39, 0.29) is 23.0 Å². The molecule has 144 valence electrons. The van der Waals surface area contributed by atoms with Crippen LogP contribution in [0.5, 0.6) is 0 Å². The fraction of sp³-hybridized carbons (Fsp3) is 0.400. The molecule has 1 heterocycles. The van der Waals surface area contributed by atoms with E-state index in [1.807, 2.05) is 6.92 Å². The van der Waals surface area contributed by atoms with Gasteiger partial charge < -0.3 is 15.7 Å². The number of nitrogens with zero attached hydrogens (tertiary/aromatic N) is 1. The summed E-state index contributed by atoms with van der Waals surface area (Å²) in [6.07, 6.45) is 5.14. The van der Waals surface area contributed by atoms with E-state index in [0.717, 1.165) is 24.6 Å². The number of pyridine rings is 1. The lowest BCUT2D eigenvalue weighted by atomic mass is 9.93. The summed E-state index contributed by atoms with van der Waals surface area (Å²) in [4.78, 5) is 16.4. The Balaban J connectivity index is 1.83. The molecular formula is C20H23F2N3O2. The Morgan fingerprint density at radius 2 is 2.04 bits per heavy atom. The zero-order chi connectivity index (χ0) is 19.4. The molecule has 2 aromatic rings. The van der Waals surface area contributed by atoms with E-state index in [9.17, 15) is 18.7 Å². The van der Waals surface area contributed by atoms with Gasteiger partial charge in [0.25, 0.3) is 5.91 Å². The van der Waals surface area contributed by atoms with Crippen molar-refractivity contribution in [2.75, 3.05) is 5.32 Å². The molecule has 7 heteroatoms. The Hall–Kier alpha value is -2.54. The van der Waals surface area contributed by atoms with Crippen LogP contribution < -0.4 is 10.6 Å². The molecule has 2 atom stereocenters. The average Bonchev–Trinajstić information content (AvgIpc) is 2.63. The molecule has 0 aliphatic heterocycles. The Morgan fingerprint density at radius 3 is 2.74 bits per heavy atom. The number of hydrogen-bond donors (Lipinski definition) is 3. The highest BCUT2D eigenvalue weighted by Gasteiger charge is 2.25. The van der Waals surface area contributed by atoms with Crippen LogP contribution in [-0.4, -0.2) is 28.1 Å². The summed E-state index contributed by atoms with van der Waals surface area (Å²) in [5, 5.41) is 15.3. The first-order valence-electron chi connectivity index (χ1n) is 9.15. The van der Waals surface area contributed by atoms with Gasteiger partial charge in [-0.1, -0.05) is 13.0 Å². The van der Waals surface area contributed by atoms with Gasteiger partial charge in [-0.05, 0) is 49.8 Å². The van der Waals surface area contributed by atoms with Crippen molar-refractivity contribution in [3.05, 3.63) is 53.4 Å². The fourth-order valence-corrected chi connectivity index (χ4v) is 3.34. The van der Waals surface area contributed by atoms with Crippen molar-refractivity contribution in [2.24, 2.45) is 0 Å². The number of aryl methyl sites for hydroxylation is 1. The normalized spacial score (nSPS) is 19.6.